The minimum atomic E-state index is -3.79. The molecule has 1 heterocycles. The molecule has 0 radical (unpaired) electrons. The minimum Gasteiger partial charge on any atom is -0.495 e. The predicted octanol–water partition coefficient (Wildman–Crippen LogP) is 4.49. The number of sulfonamides is 1. The molecule has 0 unspecified atom stereocenters. The van der Waals surface area contributed by atoms with E-state index in [2.05, 4.69) is 28.8 Å². The number of ether oxygens (including phenoxy) is 1. The molecule has 3 aromatic carbocycles. The highest BCUT2D eigenvalue weighted by Gasteiger charge is 2.24. The molecule has 3 aromatic rings. The fraction of sp³-hybridized carbons (Fsp3) is 0.280. The molecule has 33 heavy (non-hydrogen) atoms. The second-order valence-corrected chi connectivity index (χ2v) is 10.1. The van der Waals surface area contributed by atoms with Crippen molar-refractivity contribution in [2.24, 2.45) is 0 Å². The molecule has 1 saturated heterocycles. The summed E-state index contributed by atoms with van der Waals surface area (Å²) < 4.78 is 47.4. The van der Waals surface area contributed by atoms with Gasteiger partial charge in [-0.15, -0.1) is 0 Å². The van der Waals surface area contributed by atoms with Gasteiger partial charge in [-0.25, -0.2) is 12.8 Å². The third-order valence-electron chi connectivity index (χ3n) is 5.67. The Morgan fingerprint density at radius 2 is 1.52 bits per heavy atom. The van der Waals surface area contributed by atoms with Crippen LogP contribution in [0.2, 0.25) is 0 Å². The molecule has 6 nitrogen and oxygen atoms in total. The smallest absolute Gasteiger partial charge is 0.261 e. The molecule has 0 aromatic heterocycles. The van der Waals surface area contributed by atoms with E-state index in [-0.39, 0.29) is 10.7 Å². The number of rotatable bonds is 6. The topological polar surface area (TPSA) is 70.7 Å². The molecule has 0 saturated carbocycles. The van der Waals surface area contributed by atoms with Gasteiger partial charge < -0.3 is 15.0 Å². The summed E-state index contributed by atoms with van der Waals surface area (Å²) in [6.45, 7) is 5.83. The summed E-state index contributed by atoms with van der Waals surface area (Å²) in [5.74, 6) is 0.383. The summed E-state index contributed by atoms with van der Waals surface area (Å²) >= 11 is 0. The van der Waals surface area contributed by atoms with Crippen LogP contribution in [0.5, 0.6) is 5.75 Å². The Morgan fingerprint density at radius 1 is 0.939 bits per heavy atom. The Bertz CT molecular complexity index is 1200. The third kappa shape index (κ3) is 5.29. The first-order valence-corrected chi connectivity index (χ1v) is 12.3. The van der Waals surface area contributed by atoms with Crippen LogP contribution in [0.4, 0.5) is 15.8 Å². The first-order chi connectivity index (χ1) is 15.7. The van der Waals surface area contributed by atoms with Gasteiger partial charge in [-0.2, -0.15) is 0 Å². The van der Waals surface area contributed by atoms with Crippen LogP contribution in [0, 0.1) is 5.82 Å². The Kier molecular flexibility index (Phi) is 6.58. The summed E-state index contributed by atoms with van der Waals surface area (Å²) in [6, 6.07) is 18.5. The first kappa shape index (κ1) is 23.1. The van der Waals surface area contributed by atoms with Crippen LogP contribution in [0.3, 0.4) is 0 Å². The fourth-order valence-electron chi connectivity index (χ4n) is 4.21. The molecule has 0 spiro atoms. The van der Waals surface area contributed by atoms with Gasteiger partial charge in [-0.1, -0.05) is 24.3 Å². The summed E-state index contributed by atoms with van der Waals surface area (Å²) in [7, 11) is -2.18. The van der Waals surface area contributed by atoms with Gasteiger partial charge in [0.05, 0.1) is 23.4 Å². The van der Waals surface area contributed by atoms with Crippen LogP contribution in [0.25, 0.3) is 11.1 Å². The van der Waals surface area contributed by atoms with Crippen molar-refractivity contribution in [1.82, 2.24) is 5.32 Å². The molecule has 174 valence electrons. The van der Waals surface area contributed by atoms with E-state index in [9.17, 15) is 12.8 Å². The van der Waals surface area contributed by atoms with Crippen LogP contribution < -0.4 is 19.7 Å². The second kappa shape index (κ2) is 9.41. The van der Waals surface area contributed by atoms with Gasteiger partial charge in [0.15, 0.2) is 0 Å². The highest BCUT2D eigenvalue weighted by molar-refractivity contribution is 7.92. The second-order valence-electron chi connectivity index (χ2n) is 8.40. The van der Waals surface area contributed by atoms with E-state index in [0.29, 0.717) is 23.5 Å². The van der Waals surface area contributed by atoms with Crippen molar-refractivity contribution in [3.63, 3.8) is 0 Å². The van der Waals surface area contributed by atoms with Crippen molar-refractivity contribution in [3.8, 4) is 16.9 Å². The molecular weight excluding hydrogens is 441 g/mol. The van der Waals surface area contributed by atoms with E-state index in [0.717, 1.165) is 29.9 Å². The molecule has 1 aliphatic heterocycles. The summed E-state index contributed by atoms with van der Waals surface area (Å²) in [6.07, 6.45) is 0. The number of anilines is 2. The zero-order valence-electron chi connectivity index (χ0n) is 18.9. The lowest BCUT2D eigenvalue weighted by atomic mass is 10.1. The quantitative estimate of drug-likeness (QED) is 0.557. The van der Waals surface area contributed by atoms with Gasteiger partial charge in [0.25, 0.3) is 10.0 Å². The maximum Gasteiger partial charge on any atom is 0.261 e. The maximum atomic E-state index is 13.2. The van der Waals surface area contributed by atoms with Crippen molar-refractivity contribution < 1.29 is 17.5 Å². The van der Waals surface area contributed by atoms with Gasteiger partial charge in [0.2, 0.25) is 0 Å². The molecule has 2 N–H and O–H groups in total. The molecule has 1 aliphatic rings. The third-order valence-corrected chi connectivity index (χ3v) is 7.07. The molecule has 4 rings (SSSR count). The lowest BCUT2D eigenvalue weighted by Crippen LogP contribution is -2.54. The average Bonchev–Trinajstić information content (AvgIpc) is 2.79. The Hall–Kier alpha value is -3.10. The SMILES string of the molecule is COc1ccc(NS(=O)(=O)c2ccc(-c3ccc(F)cc3)cc2)cc1N1C[C@@H](C)N[C@@H](C)C1. The van der Waals surface area contributed by atoms with Crippen LogP contribution >= 0.6 is 0 Å². The predicted molar refractivity (Wildman–Crippen MR) is 130 cm³/mol. The zero-order chi connectivity index (χ0) is 23.6. The molecule has 0 amide bonds. The molecular formula is C25H28FN3O3S. The normalized spacial score (nSPS) is 18.7. The van der Waals surface area contributed by atoms with Crippen molar-refractivity contribution in [3.05, 3.63) is 72.5 Å². The standard InChI is InChI=1S/C25H28FN3O3S/c1-17-15-29(16-18(2)27-17)24-14-22(10-13-25(24)32-3)28-33(30,31)23-11-6-20(7-12-23)19-4-8-21(26)9-5-19/h4-14,17-18,27-28H,15-16H2,1-3H3/t17-,18+. The molecule has 2 atom stereocenters. The van der Waals surface area contributed by atoms with E-state index in [1.54, 1.807) is 55.6 Å². The van der Waals surface area contributed by atoms with Gasteiger partial charge in [0.1, 0.15) is 11.6 Å². The van der Waals surface area contributed by atoms with Gasteiger partial charge in [0, 0.05) is 25.2 Å². The molecule has 0 bridgehead atoms. The van der Waals surface area contributed by atoms with Crippen molar-refractivity contribution in [2.75, 3.05) is 29.8 Å². The number of nitrogens with zero attached hydrogens (tertiary/aromatic N) is 1. The number of halogens is 1. The average molecular weight is 470 g/mol. The van der Waals surface area contributed by atoms with E-state index < -0.39 is 10.0 Å². The minimum absolute atomic E-state index is 0.148. The van der Waals surface area contributed by atoms with Crippen LogP contribution in [-0.4, -0.2) is 40.7 Å². The summed E-state index contributed by atoms with van der Waals surface area (Å²) in [4.78, 5) is 2.36. The zero-order valence-corrected chi connectivity index (χ0v) is 19.7. The summed E-state index contributed by atoms with van der Waals surface area (Å²) in [5, 5.41) is 3.50. The summed E-state index contributed by atoms with van der Waals surface area (Å²) in [5.41, 5.74) is 2.94. The number of piperazine rings is 1. The Balaban J connectivity index is 1.57. The van der Waals surface area contributed by atoms with Gasteiger partial charge in [-0.05, 0) is 67.4 Å². The molecule has 1 fully saturated rings. The van der Waals surface area contributed by atoms with E-state index >= 15 is 0 Å². The highest BCUT2D eigenvalue weighted by Crippen LogP contribution is 2.33. The monoisotopic (exact) mass is 469 g/mol. The van der Waals surface area contributed by atoms with Crippen molar-refractivity contribution >= 4 is 21.4 Å². The lowest BCUT2D eigenvalue weighted by Gasteiger charge is -2.38. The Morgan fingerprint density at radius 3 is 2.09 bits per heavy atom. The van der Waals surface area contributed by atoms with Crippen LogP contribution in [-0.2, 0) is 10.0 Å². The number of hydrogen-bond acceptors (Lipinski definition) is 5. The molecule has 8 heteroatoms. The van der Waals surface area contributed by atoms with Crippen LogP contribution in [0.1, 0.15) is 13.8 Å². The Labute approximate surface area is 194 Å². The largest absolute Gasteiger partial charge is 0.495 e. The van der Waals surface area contributed by atoms with E-state index in [1.165, 1.54) is 12.1 Å². The number of methoxy groups -OCH3 is 1. The van der Waals surface area contributed by atoms with Gasteiger partial charge >= 0.3 is 0 Å². The first-order valence-electron chi connectivity index (χ1n) is 10.8. The van der Waals surface area contributed by atoms with E-state index in [1.807, 2.05) is 6.07 Å². The number of benzene rings is 3. The maximum absolute atomic E-state index is 13.2. The van der Waals surface area contributed by atoms with Crippen molar-refractivity contribution in [1.29, 1.82) is 0 Å². The fourth-order valence-corrected chi connectivity index (χ4v) is 5.26. The van der Waals surface area contributed by atoms with E-state index in [4.69, 9.17) is 4.74 Å². The van der Waals surface area contributed by atoms with Crippen molar-refractivity contribution in [2.45, 2.75) is 30.8 Å². The van der Waals surface area contributed by atoms with Crippen LogP contribution in [0.15, 0.2) is 71.6 Å². The number of nitrogens with one attached hydrogen (secondary N) is 2. The molecule has 0 aliphatic carbocycles. The highest BCUT2D eigenvalue weighted by atomic mass is 32.2. The number of hydrogen-bond donors (Lipinski definition) is 2. The van der Waals surface area contributed by atoms with Gasteiger partial charge in [-0.3, -0.25) is 4.72 Å². The lowest BCUT2D eigenvalue weighted by molar-refractivity contribution is 0.391.